The number of pyridine rings is 1. The number of anilines is 1. The summed E-state index contributed by atoms with van der Waals surface area (Å²) in [6.07, 6.45) is 3.85. The standard InChI is InChI=1S/C19H24FN3O/c1-3-11-23(12-4-2)16-9-10-18(21-14-16)19(24)22-13-15-7-5-6-8-17(15)20/h5-10,14H,3-4,11-13H2,1-2H3,(H,22,24). The van der Waals surface area contributed by atoms with Crippen LogP contribution in [0.5, 0.6) is 0 Å². The van der Waals surface area contributed by atoms with E-state index in [2.05, 4.69) is 29.0 Å². The second kappa shape index (κ2) is 9.01. The molecule has 1 aromatic heterocycles. The van der Waals surface area contributed by atoms with Crippen molar-refractivity contribution in [3.63, 3.8) is 0 Å². The Morgan fingerprint density at radius 3 is 2.42 bits per heavy atom. The number of benzene rings is 1. The number of nitrogens with zero attached hydrogens (tertiary/aromatic N) is 2. The molecule has 4 nitrogen and oxygen atoms in total. The van der Waals surface area contributed by atoms with Gasteiger partial charge in [0.25, 0.3) is 5.91 Å². The van der Waals surface area contributed by atoms with Crippen molar-refractivity contribution < 1.29 is 9.18 Å². The first kappa shape index (κ1) is 17.9. The lowest BCUT2D eigenvalue weighted by Gasteiger charge is -2.23. The average molecular weight is 329 g/mol. The maximum absolute atomic E-state index is 13.6. The van der Waals surface area contributed by atoms with E-state index in [-0.39, 0.29) is 18.3 Å². The van der Waals surface area contributed by atoms with Crippen LogP contribution in [0, 0.1) is 5.82 Å². The Bertz CT molecular complexity index is 652. The highest BCUT2D eigenvalue weighted by Gasteiger charge is 2.10. The number of hydrogen-bond donors (Lipinski definition) is 1. The topological polar surface area (TPSA) is 45.2 Å². The summed E-state index contributed by atoms with van der Waals surface area (Å²) in [6, 6.07) is 10.0. The number of hydrogen-bond acceptors (Lipinski definition) is 3. The highest BCUT2D eigenvalue weighted by atomic mass is 19.1. The van der Waals surface area contributed by atoms with Crippen LogP contribution in [0.25, 0.3) is 0 Å². The van der Waals surface area contributed by atoms with Crippen LogP contribution in [0.2, 0.25) is 0 Å². The van der Waals surface area contributed by atoms with E-state index in [0.29, 0.717) is 11.3 Å². The van der Waals surface area contributed by atoms with Crippen LogP contribution in [-0.2, 0) is 6.54 Å². The molecule has 0 unspecified atom stereocenters. The number of halogens is 1. The van der Waals surface area contributed by atoms with Gasteiger partial charge in [-0.1, -0.05) is 32.0 Å². The summed E-state index contributed by atoms with van der Waals surface area (Å²) in [6.45, 7) is 6.36. The fourth-order valence-electron chi connectivity index (χ4n) is 2.53. The maximum atomic E-state index is 13.6. The summed E-state index contributed by atoms with van der Waals surface area (Å²) >= 11 is 0. The Hall–Kier alpha value is -2.43. The van der Waals surface area contributed by atoms with E-state index in [4.69, 9.17) is 0 Å². The lowest BCUT2D eigenvalue weighted by molar-refractivity contribution is 0.0945. The molecule has 0 saturated heterocycles. The Balaban J connectivity index is 1.99. The Labute approximate surface area is 142 Å². The fourth-order valence-corrected chi connectivity index (χ4v) is 2.53. The number of carbonyl (C=O) groups is 1. The Kier molecular flexibility index (Phi) is 6.73. The summed E-state index contributed by atoms with van der Waals surface area (Å²) < 4.78 is 13.6. The van der Waals surface area contributed by atoms with Crippen LogP contribution in [0.1, 0.15) is 42.7 Å². The molecule has 1 N–H and O–H groups in total. The molecular weight excluding hydrogens is 305 g/mol. The van der Waals surface area contributed by atoms with E-state index in [1.807, 2.05) is 6.07 Å². The molecule has 0 saturated carbocycles. The van der Waals surface area contributed by atoms with E-state index in [1.54, 1.807) is 30.5 Å². The van der Waals surface area contributed by atoms with Crippen molar-refractivity contribution in [2.75, 3.05) is 18.0 Å². The van der Waals surface area contributed by atoms with E-state index in [0.717, 1.165) is 31.6 Å². The van der Waals surface area contributed by atoms with Crippen molar-refractivity contribution in [3.05, 3.63) is 59.7 Å². The monoisotopic (exact) mass is 329 g/mol. The van der Waals surface area contributed by atoms with Gasteiger partial charge in [-0.2, -0.15) is 0 Å². The molecule has 0 aliphatic rings. The molecule has 0 bridgehead atoms. The van der Waals surface area contributed by atoms with Gasteiger partial charge < -0.3 is 10.2 Å². The fraction of sp³-hybridized carbons (Fsp3) is 0.368. The largest absolute Gasteiger partial charge is 0.370 e. The molecule has 0 spiro atoms. The second-order valence-corrected chi connectivity index (χ2v) is 5.66. The van der Waals surface area contributed by atoms with E-state index in [1.165, 1.54) is 6.07 Å². The van der Waals surface area contributed by atoms with Crippen LogP contribution in [0.15, 0.2) is 42.6 Å². The van der Waals surface area contributed by atoms with Gasteiger partial charge in [0.2, 0.25) is 0 Å². The summed E-state index contributed by atoms with van der Waals surface area (Å²) in [5, 5.41) is 2.70. The smallest absolute Gasteiger partial charge is 0.270 e. The van der Waals surface area contributed by atoms with Gasteiger partial charge in [0.1, 0.15) is 11.5 Å². The van der Waals surface area contributed by atoms with Crippen molar-refractivity contribution in [2.45, 2.75) is 33.2 Å². The molecule has 1 aromatic carbocycles. The van der Waals surface area contributed by atoms with Gasteiger partial charge in [-0.05, 0) is 31.0 Å². The molecule has 0 fully saturated rings. The van der Waals surface area contributed by atoms with Gasteiger partial charge in [-0.3, -0.25) is 4.79 Å². The van der Waals surface area contributed by atoms with Crippen LogP contribution >= 0.6 is 0 Å². The van der Waals surface area contributed by atoms with Gasteiger partial charge >= 0.3 is 0 Å². The average Bonchev–Trinajstić information content (AvgIpc) is 2.61. The quantitative estimate of drug-likeness (QED) is 0.802. The SMILES string of the molecule is CCCN(CCC)c1ccc(C(=O)NCc2ccccc2F)nc1. The van der Waals surface area contributed by atoms with E-state index < -0.39 is 0 Å². The Morgan fingerprint density at radius 1 is 1.12 bits per heavy atom. The molecule has 0 atom stereocenters. The third-order valence-corrected chi connectivity index (χ3v) is 3.73. The van der Waals surface area contributed by atoms with Crippen molar-refractivity contribution in [1.82, 2.24) is 10.3 Å². The molecule has 2 rings (SSSR count). The summed E-state index contributed by atoms with van der Waals surface area (Å²) in [7, 11) is 0. The molecule has 24 heavy (non-hydrogen) atoms. The second-order valence-electron chi connectivity index (χ2n) is 5.66. The molecule has 0 aliphatic carbocycles. The summed E-state index contributed by atoms with van der Waals surface area (Å²) in [4.78, 5) is 18.7. The van der Waals surface area contributed by atoms with E-state index in [9.17, 15) is 9.18 Å². The predicted molar refractivity (Wildman–Crippen MR) is 94.6 cm³/mol. The molecule has 0 aliphatic heterocycles. The van der Waals surface area contributed by atoms with Crippen LogP contribution in [0.3, 0.4) is 0 Å². The number of carbonyl (C=O) groups excluding carboxylic acids is 1. The van der Waals surface area contributed by atoms with Gasteiger partial charge in [-0.15, -0.1) is 0 Å². The zero-order valence-corrected chi connectivity index (χ0v) is 14.3. The first-order chi connectivity index (χ1) is 11.7. The molecule has 0 radical (unpaired) electrons. The molecule has 128 valence electrons. The van der Waals surface area contributed by atoms with Gasteiger partial charge in [0, 0.05) is 25.2 Å². The van der Waals surface area contributed by atoms with Crippen LogP contribution in [-0.4, -0.2) is 24.0 Å². The highest BCUT2D eigenvalue weighted by molar-refractivity contribution is 5.92. The molecule has 5 heteroatoms. The van der Waals surface area contributed by atoms with Gasteiger partial charge in [-0.25, -0.2) is 9.37 Å². The molecular formula is C19H24FN3O. The third kappa shape index (κ3) is 4.78. The van der Waals surface area contributed by atoms with Crippen molar-refractivity contribution in [2.24, 2.45) is 0 Å². The van der Waals surface area contributed by atoms with Gasteiger partial charge in [0.05, 0.1) is 11.9 Å². The highest BCUT2D eigenvalue weighted by Crippen LogP contribution is 2.14. The predicted octanol–water partition coefficient (Wildman–Crippen LogP) is 3.78. The van der Waals surface area contributed by atoms with Gasteiger partial charge in [0.15, 0.2) is 0 Å². The number of rotatable bonds is 8. The summed E-state index contributed by atoms with van der Waals surface area (Å²) in [5.41, 5.74) is 1.81. The molecule has 2 aromatic rings. The number of aromatic nitrogens is 1. The van der Waals surface area contributed by atoms with Crippen molar-refractivity contribution in [1.29, 1.82) is 0 Å². The number of nitrogens with one attached hydrogen (secondary N) is 1. The molecule has 1 amide bonds. The minimum atomic E-state index is -0.323. The zero-order chi connectivity index (χ0) is 17.4. The summed E-state index contributed by atoms with van der Waals surface area (Å²) in [5.74, 6) is -0.627. The Morgan fingerprint density at radius 2 is 1.83 bits per heavy atom. The van der Waals surface area contributed by atoms with Crippen molar-refractivity contribution in [3.8, 4) is 0 Å². The third-order valence-electron chi connectivity index (χ3n) is 3.73. The van der Waals surface area contributed by atoms with Crippen LogP contribution in [0.4, 0.5) is 10.1 Å². The lowest BCUT2D eigenvalue weighted by Crippen LogP contribution is -2.26. The minimum absolute atomic E-state index is 0.146. The lowest BCUT2D eigenvalue weighted by atomic mass is 10.2. The van der Waals surface area contributed by atoms with Crippen molar-refractivity contribution >= 4 is 11.6 Å². The maximum Gasteiger partial charge on any atom is 0.270 e. The van der Waals surface area contributed by atoms with Crippen LogP contribution < -0.4 is 10.2 Å². The minimum Gasteiger partial charge on any atom is -0.370 e. The molecule has 1 heterocycles. The number of amides is 1. The zero-order valence-electron chi connectivity index (χ0n) is 14.3. The first-order valence-electron chi connectivity index (χ1n) is 8.38. The first-order valence-corrected chi connectivity index (χ1v) is 8.38. The van der Waals surface area contributed by atoms with E-state index >= 15 is 0 Å². The normalized spacial score (nSPS) is 10.5.